The zero-order chi connectivity index (χ0) is 56.4. The van der Waals surface area contributed by atoms with E-state index < -0.39 is 6.10 Å². The van der Waals surface area contributed by atoms with Gasteiger partial charge in [0.15, 0.2) is 6.10 Å². The van der Waals surface area contributed by atoms with E-state index in [9.17, 15) is 14.4 Å². The summed E-state index contributed by atoms with van der Waals surface area (Å²) in [6.45, 7) is 6.45. The number of rotatable bonds is 58. The van der Waals surface area contributed by atoms with Gasteiger partial charge in [0.1, 0.15) is 13.2 Å². The van der Waals surface area contributed by atoms with E-state index in [1.54, 1.807) is 0 Å². The van der Waals surface area contributed by atoms with Crippen LogP contribution in [0, 0.1) is 0 Å². The number of carbonyl (C=O) groups is 3. The third-order valence-corrected chi connectivity index (χ3v) is 13.7. The SMILES string of the molecule is CC/C=C\C/C=C\C/C=C\C/C=C\C/C=C\C/C=C\C/C=C\C/C=C\CCCCCCC(=O)OCC(COC(=O)CCCCCCCC)OC(=O)CCCCCCCCCCCCCCC/C=C\C/C=C\CCCCCCC. The van der Waals surface area contributed by atoms with Crippen molar-refractivity contribution in [2.45, 2.75) is 303 Å². The molecule has 0 aromatic carbocycles. The van der Waals surface area contributed by atoms with Crippen LogP contribution >= 0.6 is 0 Å². The molecule has 0 rings (SSSR count). The second-order valence-electron chi connectivity index (χ2n) is 21.3. The third kappa shape index (κ3) is 62.7. The van der Waals surface area contributed by atoms with Crippen LogP contribution in [0.15, 0.2) is 122 Å². The van der Waals surface area contributed by atoms with Gasteiger partial charge in [-0.2, -0.15) is 0 Å². The average molecular weight is 1080 g/mol. The molecule has 0 aliphatic rings. The minimum atomic E-state index is -0.789. The van der Waals surface area contributed by atoms with Gasteiger partial charge < -0.3 is 14.2 Å². The highest BCUT2D eigenvalue weighted by atomic mass is 16.6. The molecule has 0 saturated heterocycles. The predicted octanol–water partition coefficient (Wildman–Crippen LogP) is 22.4. The van der Waals surface area contributed by atoms with Crippen LogP contribution in [0.25, 0.3) is 0 Å². The van der Waals surface area contributed by atoms with E-state index in [0.29, 0.717) is 19.3 Å². The molecule has 1 atom stereocenters. The number of allylic oxidation sites excluding steroid dienone is 20. The molecule has 0 spiro atoms. The van der Waals surface area contributed by atoms with Crippen LogP contribution in [-0.4, -0.2) is 37.2 Å². The van der Waals surface area contributed by atoms with Crippen molar-refractivity contribution < 1.29 is 28.6 Å². The smallest absolute Gasteiger partial charge is 0.306 e. The van der Waals surface area contributed by atoms with Crippen molar-refractivity contribution in [1.29, 1.82) is 0 Å². The molecule has 0 bridgehead atoms. The fourth-order valence-electron chi connectivity index (χ4n) is 8.84. The normalized spacial score (nSPS) is 12.9. The first kappa shape index (κ1) is 73.8. The molecule has 6 heteroatoms. The van der Waals surface area contributed by atoms with Crippen LogP contribution in [0.2, 0.25) is 0 Å². The lowest BCUT2D eigenvalue weighted by atomic mass is 10.0. The van der Waals surface area contributed by atoms with Crippen molar-refractivity contribution in [2.24, 2.45) is 0 Å². The summed E-state index contributed by atoms with van der Waals surface area (Å²) in [6.07, 6.45) is 91.0. The minimum absolute atomic E-state index is 0.0876. The molecule has 444 valence electrons. The highest BCUT2D eigenvalue weighted by Crippen LogP contribution is 2.16. The number of carbonyl (C=O) groups excluding carboxylic acids is 3. The molecule has 0 aliphatic heterocycles. The van der Waals surface area contributed by atoms with E-state index in [1.807, 2.05) is 0 Å². The van der Waals surface area contributed by atoms with Gasteiger partial charge in [-0.05, 0) is 116 Å². The molecule has 1 unspecified atom stereocenters. The molecule has 0 aliphatic carbocycles. The van der Waals surface area contributed by atoms with E-state index in [2.05, 4.69) is 142 Å². The molecule has 0 heterocycles. The highest BCUT2D eigenvalue weighted by molar-refractivity contribution is 5.71. The lowest BCUT2D eigenvalue weighted by Crippen LogP contribution is -2.30. The van der Waals surface area contributed by atoms with Gasteiger partial charge in [-0.25, -0.2) is 0 Å². The van der Waals surface area contributed by atoms with E-state index in [-0.39, 0.29) is 31.1 Å². The Hall–Kier alpha value is -4.19. The van der Waals surface area contributed by atoms with Gasteiger partial charge in [0.25, 0.3) is 0 Å². The first-order chi connectivity index (χ1) is 38.5. The van der Waals surface area contributed by atoms with Crippen molar-refractivity contribution in [1.82, 2.24) is 0 Å². The van der Waals surface area contributed by atoms with Gasteiger partial charge in [-0.1, -0.05) is 284 Å². The van der Waals surface area contributed by atoms with Gasteiger partial charge in [-0.3, -0.25) is 14.4 Å². The summed E-state index contributed by atoms with van der Waals surface area (Å²) in [5, 5.41) is 0. The summed E-state index contributed by atoms with van der Waals surface area (Å²) in [5.41, 5.74) is 0. The Labute approximate surface area is 482 Å². The van der Waals surface area contributed by atoms with Crippen molar-refractivity contribution in [3.8, 4) is 0 Å². The largest absolute Gasteiger partial charge is 0.462 e. The second-order valence-corrected chi connectivity index (χ2v) is 21.3. The maximum atomic E-state index is 12.9. The standard InChI is InChI=1S/C72H120O6/c1-4-7-10-13-16-18-20-22-24-26-28-30-32-34-35-36-37-39-40-42-44-46-48-50-52-54-56-59-62-65-71(74)77-68-69(67-76-70(73)64-61-58-15-12-9-6-3)78-72(75)66-63-60-57-55-53-51-49-47-45-43-41-38-33-31-29-27-25-23-21-19-17-14-11-8-5-2/h7,10,16,18,21-24,27-30,34-35,37,39,42,44,48,50,69H,4-6,8-9,11-15,17,19-20,25-26,31-33,36,38,40-41,43,45-47,49,51-68H2,1-3H3/b10-7-,18-16-,23-21-,24-22-,29-27-,30-28-,35-34-,39-37-,44-42-,50-48-. The van der Waals surface area contributed by atoms with Crippen molar-refractivity contribution in [3.63, 3.8) is 0 Å². The van der Waals surface area contributed by atoms with Crippen LogP contribution in [0.4, 0.5) is 0 Å². The Balaban J connectivity index is 4.17. The number of hydrogen-bond acceptors (Lipinski definition) is 6. The molecule has 0 amide bonds. The molecule has 0 aromatic heterocycles. The summed E-state index contributed by atoms with van der Waals surface area (Å²) in [6, 6.07) is 0. The van der Waals surface area contributed by atoms with Gasteiger partial charge in [0.05, 0.1) is 0 Å². The minimum Gasteiger partial charge on any atom is -0.462 e. The van der Waals surface area contributed by atoms with Gasteiger partial charge in [0.2, 0.25) is 0 Å². The monoisotopic (exact) mass is 1080 g/mol. The van der Waals surface area contributed by atoms with Gasteiger partial charge in [0, 0.05) is 19.3 Å². The topological polar surface area (TPSA) is 78.9 Å². The van der Waals surface area contributed by atoms with Crippen LogP contribution < -0.4 is 0 Å². The maximum absolute atomic E-state index is 12.9. The average Bonchev–Trinajstić information content (AvgIpc) is 3.44. The van der Waals surface area contributed by atoms with Crippen molar-refractivity contribution in [2.75, 3.05) is 13.2 Å². The Kier molecular flexibility index (Phi) is 61.8. The van der Waals surface area contributed by atoms with Crippen LogP contribution in [-0.2, 0) is 28.6 Å². The molecule has 0 N–H and O–H groups in total. The molecule has 0 aromatic rings. The Morgan fingerprint density at radius 3 is 0.782 bits per heavy atom. The summed E-state index contributed by atoms with van der Waals surface area (Å²) in [4.78, 5) is 38.0. The fourth-order valence-corrected chi connectivity index (χ4v) is 8.84. The third-order valence-electron chi connectivity index (χ3n) is 13.7. The van der Waals surface area contributed by atoms with E-state index >= 15 is 0 Å². The molecule has 0 radical (unpaired) electrons. The van der Waals surface area contributed by atoms with Crippen molar-refractivity contribution in [3.05, 3.63) is 122 Å². The molecule has 78 heavy (non-hydrogen) atoms. The number of hydrogen-bond donors (Lipinski definition) is 0. The molecular formula is C72H120O6. The van der Waals surface area contributed by atoms with E-state index in [0.717, 1.165) is 128 Å². The first-order valence-electron chi connectivity index (χ1n) is 32.5. The molecular weight excluding hydrogens is 961 g/mol. The number of esters is 3. The summed E-state index contributed by atoms with van der Waals surface area (Å²) < 4.78 is 16.8. The van der Waals surface area contributed by atoms with Crippen molar-refractivity contribution >= 4 is 17.9 Å². The number of unbranched alkanes of at least 4 members (excludes halogenated alkanes) is 27. The maximum Gasteiger partial charge on any atom is 0.306 e. The molecule has 6 nitrogen and oxygen atoms in total. The predicted molar refractivity (Wildman–Crippen MR) is 339 cm³/mol. The lowest BCUT2D eigenvalue weighted by Gasteiger charge is -2.18. The highest BCUT2D eigenvalue weighted by Gasteiger charge is 2.19. The summed E-state index contributed by atoms with van der Waals surface area (Å²) in [5.74, 6) is -0.920. The zero-order valence-electron chi connectivity index (χ0n) is 50.9. The Bertz CT molecular complexity index is 1620. The lowest BCUT2D eigenvalue weighted by molar-refractivity contribution is -0.167. The van der Waals surface area contributed by atoms with Gasteiger partial charge in [-0.15, -0.1) is 0 Å². The molecule has 0 saturated carbocycles. The second kappa shape index (κ2) is 65.3. The first-order valence-corrected chi connectivity index (χ1v) is 32.5. The van der Waals surface area contributed by atoms with Crippen LogP contribution in [0.5, 0.6) is 0 Å². The quantitative estimate of drug-likeness (QED) is 0.0261. The van der Waals surface area contributed by atoms with Crippen LogP contribution in [0.1, 0.15) is 297 Å². The van der Waals surface area contributed by atoms with Crippen LogP contribution in [0.3, 0.4) is 0 Å². The summed E-state index contributed by atoms with van der Waals surface area (Å²) in [7, 11) is 0. The summed E-state index contributed by atoms with van der Waals surface area (Å²) >= 11 is 0. The molecule has 0 fully saturated rings. The van der Waals surface area contributed by atoms with Gasteiger partial charge >= 0.3 is 17.9 Å². The van der Waals surface area contributed by atoms with E-state index in [1.165, 1.54) is 128 Å². The Morgan fingerprint density at radius 1 is 0.269 bits per heavy atom. The number of ether oxygens (including phenoxy) is 3. The zero-order valence-corrected chi connectivity index (χ0v) is 50.9. The fraction of sp³-hybridized carbons (Fsp3) is 0.681. The van der Waals surface area contributed by atoms with E-state index in [4.69, 9.17) is 14.2 Å². The Morgan fingerprint density at radius 2 is 0.500 bits per heavy atom.